The minimum Gasteiger partial charge on any atom is -0.371 e. The standard InChI is InChI=1S/C19H19N3O4/c23-16-8-7-15(17(24)20-16)22-18(25)13-6-5-12(11-14(13)19(22)26)21-9-3-1-2-4-10-21/h1-2,5-6,11,15H,3-4,7-10H2,(H,20,23,24). The van der Waals surface area contributed by atoms with Gasteiger partial charge in [0.05, 0.1) is 11.1 Å². The third-order valence-electron chi connectivity index (χ3n) is 5.09. The number of nitrogens with zero attached hydrogens (tertiary/aromatic N) is 2. The summed E-state index contributed by atoms with van der Waals surface area (Å²) in [5, 5.41) is 2.21. The predicted octanol–water partition coefficient (Wildman–Crippen LogP) is 1.24. The molecule has 0 spiro atoms. The van der Waals surface area contributed by atoms with Crippen LogP contribution in [0.2, 0.25) is 0 Å². The molecule has 7 nitrogen and oxygen atoms in total. The molecule has 0 aromatic heterocycles. The van der Waals surface area contributed by atoms with Gasteiger partial charge >= 0.3 is 0 Å². The van der Waals surface area contributed by atoms with Crippen molar-refractivity contribution in [2.45, 2.75) is 31.7 Å². The highest BCUT2D eigenvalue weighted by Gasteiger charge is 2.44. The van der Waals surface area contributed by atoms with Crippen LogP contribution in [0.5, 0.6) is 0 Å². The molecule has 1 atom stereocenters. The van der Waals surface area contributed by atoms with Gasteiger partial charge in [0.25, 0.3) is 11.8 Å². The molecule has 0 aliphatic carbocycles. The molecule has 0 saturated carbocycles. The molecule has 4 amide bonds. The predicted molar refractivity (Wildman–Crippen MR) is 93.7 cm³/mol. The van der Waals surface area contributed by atoms with Crippen LogP contribution in [0.3, 0.4) is 0 Å². The Morgan fingerprint density at radius 2 is 1.62 bits per heavy atom. The highest BCUT2D eigenvalue weighted by Crippen LogP contribution is 2.31. The Kier molecular flexibility index (Phi) is 4.06. The molecule has 134 valence electrons. The average Bonchev–Trinajstić information content (AvgIpc) is 2.82. The number of amides is 4. The van der Waals surface area contributed by atoms with Gasteiger partial charge in [-0.25, -0.2) is 0 Å². The van der Waals surface area contributed by atoms with Crippen molar-refractivity contribution in [3.63, 3.8) is 0 Å². The van der Waals surface area contributed by atoms with E-state index in [9.17, 15) is 19.2 Å². The van der Waals surface area contributed by atoms with Crippen molar-refractivity contribution in [3.05, 3.63) is 41.5 Å². The van der Waals surface area contributed by atoms with Gasteiger partial charge in [-0.15, -0.1) is 0 Å². The van der Waals surface area contributed by atoms with Gasteiger partial charge in [-0.1, -0.05) is 12.2 Å². The number of hydrogen-bond donors (Lipinski definition) is 1. The fraction of sp³-hybridized carbons (Fsp3) is 0.368. The van der Waals surface area contributed by atoms with Crippen LogP contribution in [0.4, 0.5) is 5.69 Å². The van der Waals surface area contributed by atoms with Gasteiger partial charge in [-0.3, -0.25) is 29.4 Å². The largest absolute Gasteiger partial charge is 0.371 e. The number of carbonyl (C=O) groups excluding carboxylic acids is 4. The second kappa shape index (κ2) is 6.40. The monoisotopic (exact) mass is 353 g/mol. The normalized spacial score (nSPS) is 23.2. The molecule has 0 radical (unpaired) electrons. The van der Waals surface area contributed by atoms with Crippen LogP contribution >= 0.6 is 0 Å². The lowest BCUT2D eigenvalue weighted by molar-refractivity contribution is -0.136. The Morgan fingerprint density at radius 1 is 0.923 bits per heavy atom. The number of anilines is 1. The molecule has 1 fully saturated rings. The molecule has 0 bridgehead atoms. The van der Waals surface area contributed by atoms with Crippen LogP contribution in [0.15, 0.2) is 30.4 Å². The maximum Gasteiger partial charge on any atom is 0.262 e. The van der Waals surface area contributed by atoms with Gasteiger partial charge in [0.2, 0.25) is 11.8 Å². The SMILES string of the molecule is O=C1CCC(N2C(=O)c3ccc(N4CCC=CCC4)cc3C2=O)C(=O)N1. The Labute approximate surface area is 150 Å². The third kappa shape index (κ3) is 2.69. The fourth-order valence-corrected chi connectivity index (χ4v) is 3.72. The summed E-state index contributed by atoms with van der Waals surface area (Å²) < 4.78 is 0. The van der Waals surface area contributed by atoms with Gasteiger partial charge in [0.1, 0.15) is 6.04 Å². The van der Waals surface area contributed by atoms with Crippen molar-refractivity contribution in [3.8, 4) is 0 Å². The second-order valence-corrected chi connectivity index (χ2v) is 6.71. The van der Waals surface area contributed by atoms with Crippen LogP contribution in [0.25, 0.3) is 0 Å². The van der Waals surface area contributed by atoms with E-state index in [0.29, 0.717) is 11.1 Å². The summed E-state index contributed by atoms with van der Waals surface area (Å²) in [4.78, 5) is 52.2. The van der Waals surface area contributed by atoms with Crippen molar-refractivity contribution in [2.75, 3.05) is 18.0 Å². The molecule has 1 saturated heterocycles. The van der Waals surface area contributed by atoms with E-state index in [4.69, 9.17) is 0 Å². The fourth-order valence-electron chi connectivity index (χ4n) is 3.72. The van der Waals surface area contributed by atoms with Crippen molar-refractivity contribution >= 4 is 29.3 Å². The van der Waals surface area contributed by atoms with E-state index in [1.165, 1.54) is 0 Å². The smallest absolute Gasteiger partial charge is 0.262 e. The summed E-state index contributed by atoms with van der Waals surface area (Å²) in [6.07, 6.45) is 6.45. The number of carbonyl (C=O) groups is 4. The number of nitrogens with one attached hydrogen (secondary N) is 1. The Morgan fingerprint density at radius 3 is 2.31 bits per heavy atom. The molecular weight excluding hydrogens is 334 g/mol. The van der Waals surface area contributed by atoms with Crippen LogP contribution in [-0.2, 0) is 9.59 Å². The molecule has 3 heterocycles. The van der Waals surface area contributed by atoms with E-state index in [1.54, 1.807) is 12.1 Å². The molecule has 1 aromatic carbocycles. The van der Waals surface area contributed by atoms with Crippen molar-refractivity contribution in [1.82, 2.24) is 10.2 Å². The highest BCUT2D eigenvalue weighted by molar-refractivity contribution is 6.23. The molecule has 4 rings (SSSR count). The first-order valence-corrected chi connectivity index (χ1v) is 8.82. The first-order valence-electron chi connectivity index (χ1n) is 8.82. The number of hydrogen-bond acceptors (Lipinski definition) is 5. The number of imide groups is 2. The zero-order valence-corrected chi connectivity index (χ0v) is 14.2. The highest BCUT2D eigenvalue weighted by atomic mass is 16.2. The molecule has 3 aliphatic heterocycles. The summed E-state index contributed by atoms with van der Waals surface area (Å²) in [5.41, 5.74) is 1.55. The summed E-state index contributed by atoms with van der Waals surface area (Å²) in [5.74, 6) is -1.90. The topological polar surface area (TPSA) is 86.8 Å². The van der Waals surface area contributed by atoms with Gasteiger partial charge in [-0.2, -0.15) is 0 Å². The minimum atomic E-state index is -0.925. The van der Waals surface area contributed by atoms with Gasteiger partial charge < -0.3 is 4.90 Å². The maximum atomic E-state index is 12.8. The zero-order chi connectivity index (χ0) is 18.3. The molecular formula is C19H19N3O4. The summed E-state index contributed by atoms with van der Waals surface area (Å²) in [6, 6.07) is 4.33. The number of benzene rings is 1. The van der Waals surface area contributed by atoms with Crippen molar-refractivity contribution in [2.24, 2.45) is 0 Å². The lowest BCUT2D eigenvalue weighted by Crippen LogP contribution is -2.54. The van der Waals surface area contributed by atoms with Crippen LogP contribution in [-0.4, -0.2) is 47.7 Å². The van der Waals surface area contributed by atoms with Crippen LogP contribution < -0.4 is 10.2 Å². The minimum absolute atomic E-state index is 0.121. The Hall–Kier alpha value is -2.96. The quantitative estimate of drug-likeness (QED) is 0.639. The van der Waals surface area contributed by atoms with E-state index < -0.39 is 23.8 Å². The van der Waals surface area contributed by atoms with E-state index in [2.05, 4.69) is 22.4 Å². The first-order chi connectivity index (χ1) is 12.6. The number of rotatable bonds is 2. The number of fused-ring (bicyclic) bond motifs is 1. The molecule has 1 aromatic rings. The van der Waals surface area contributed by atoms with E-state index >= 15 is 0 Å². The molecule has 7 heteroatoms. The van der Waals surface area contributed by atoms with Gasteiger partial charge in [0.15, 0.2) is 0 Å². The summed E-state index contributed by atoms with van der Waals surface area (Å²) in [6.45, 7) is 1.71. The van der Waals surface area contributed by atoms with E-state index in [1.807, 2.05) is 6.07 Å². The second-order valence-electron chi connectivity index (χ2n) is 6.71. The summed E-state index contributed by atoms with van der Waals surface area (Å²) in [7, 11) is 0. The maximum absolute atomic E-state index is 12.8. The lowest BCUT2D eigenvalue weighted by Gasteiger charge is -2.27. The molecule has 3 aliphatic rings. The van der Waals surface area contributed by atoms with E-state index in [0.717, 1.165) is 36.5 Å². The summed E-state index contributed by atoms with van der Waals surface area (Å²) >= 11 is 0. The molecule has 1 N–H and O–H groups in total. The van der Waals surface area contributed by atoms with Crippen LogP contribution in [0, 0.1) is 0 Å². The Balaban J connectivity index is 1.62. The number of piperidine rings is 1. The lowest BCUT2D eigenvalue weighted by atomic mass is 10.0. The Bertz CT molecular complexity index is 835. The third-order valence-corrected chi connectivity index (χ3v) is 5.09. The zero-order valence-electron chi connectivity index (χ0n) is 14.2. The van der Waals surface area contributed by atoms with E-state index in [-0.39, 0.29) is 18.7 Å². The van der Waals surface area contributed by atoms with Gasteiger partial charge in [-0.05, 0) is 37.5 Å². The average molecular weight is 353 g/mol. The first kappa shape index (κ1) is 16.5. The molecule has 26 heavy (non-hydrogen) atoms. The van der Waals surface area contributed by atoms with Crippen molar-refractivity contribution in [1.29, 1.82) is 0 Å². The van der Waals surface area contributed by atoms with Gasteiger partial charge in [0, 0.05) is 25.2 Å². The molecule has 1 unspecified atom stereocenters. The van der Waals surface area contributed by atoms with Crippen LogP contribution in [0.1, 0.15) is 46.4 Å². The van der Waals surface area contributed by atoms with Crippen molar-refractivity contribution < 1.29 is 19.2 Å².